The van der Waals surface area contributed by atoms with E-state index in [0.717, 1.165) is 25.8 Å². The number of hydrogen-bond donors (Lipinski definition) is 1. The average molecular weight is 297 g/mol. The van der Waals surface area contributed by atoms with Gasteiger partial charge < -0.3 is 10.6 Å². The molecule has 1 amide bonds. The third-order valence-corrected chi connectivity index (χ3v) is 3.70. The molecule has 2 N–H and O–H groups in total. The van der Waals surface area contributed by atoms with Gasteiger partial charge in [-0.1, -0.05) is 12.1 Å². The molecular formula is C15H21ClN2O2. The number of amides is 1. The third kappa shape index (κ3) is 3.58. The van der Waals surface area contributed by atoms with E-state index in [1.807, 2.05) is 4.90 Å². The zero-order valence-electron chi connectivity index (χ0n) is 11.7. The molecule has 1 aromatic carbocycles. The Labute approximate surface area is 125 Å². The van der Waals surface area contributed by atoms with Crippen molar-refractivity contribution < 1.29 is 9.59 Å². The Morgan fingerprint density at radius 2 is 1.80 bits per heavy atom. The summed E-state index contributed by atoms with van der Waals surface area (Å²) in [6, 6.07) is 7.00. The number of halogens is 1. The van der Waals surface area contributed by atoms with Crippen LogP contribution in [0.2, 0.25) is 0 Å². The first-order valence-corrected chi connectivity index (χ1v) is 6.75. The highest BCUT2D eigenvalue weighted by Crippen LogP contribution is 2.19. The summed E-state index contributed by atoms with van der Waals surface area (Å²) in [4.78, 5) is 25.5. The van der Waals surface area contributed by atoms with E-state index in [4.69, 9.17) is 5.73 Å². The van der Waals surface area contributed by atoms with Gasteiger partial charge in [0.05, 0.1) is 0 Å². The van der Waals surface area contributed by atoms with Crippen molar-refractivity contribution in [2.24, 2.45) is 5.73 Å². The monoisotopic (exact) mass is 296 g/mol. The molecule has 1 heterocycles. The van der Waals surface area contributed by atoms with Crippen LogP contribution in [0.15, 0.2) is 24.3 Å². The summed E-state index contributed by atoms with van der Waals surface area (Å²) in [5.41, 5.74) is 6.99. The molecule has 1 fully saturated rings. The van der Waals surface area contributed by atoms with Crippen LogP contribution in [0.5, 0.6) is 0 Å². The molecule has 4 nitrogen and oxygen atoms in total. The number of benzene rings is 1. The Balaban J connectivity index is 0.00000200. The molecule has 2 rings (SSSR count). The second-order valence-corrected chi connectivity index (χ2v) is 5.02. The number of likely N-dealkylation sites (tertiary alicyclic amines) is 1. The Morgan fingerprint density at radius 3 is 2.35 bits per heavy atom. The molecule has 1 aliphatic heterocycles. The smallest absolute Gasteiger partial charge is 0.254 e. The summed E-state index contributed by atoms with van der Waals surface area (Å²) in [7, 11) is 0. The molecule has 0 aliphatic carbocycles. The maximum Gasteiger partial charge on any atom is 0.254 e. The summed E-state index contributed by atoms with van der Waals surface area (Å²) < 4.78 is 0. The van der Waals surface area contributed by atoms with Crippen molar-refractivity contribution in [1.29, 1.82) is 0 Å². The number of nitrogens with zero attached hydrogens (tertiary/aromatic N) is 1. The summed E-state index contributed by atoms with van der Waals surface area (Å²) in [6.07, 6.45) is 3.15. The molecule has 1 saturated heterocycles. The van der Waals surface area contributed by atoms with Gasteiger partial charge in [-0.05, 0) is 38.3 Å². The standard InChI is InChI=1S/C15H20N2O2.ClH/c1-11(18)12-5-7-13(8-6-12)15(19)17-9-3-2-4-14(17)10-16;/h5-8,14H,2-4,9-10,16H2,1H3;1H. The fraction of sp³-hybridized carbons (Fsp3) is 0.467. The number of carbonyl (C=O) groups is 2. The van der Waals surface area contributed by atoms with Crippen LogP contribution in [0.1, 0.15) is 46.9 Å². The van der Waals surface area contributed by atoms with Gasteiger partial charge in [-0.2, -0.15) is 0 Å². The summed E-state index contributed by atoms with van der Waals surface area (Å²) >= 11 is 0. The topological polar surface area (TPSA) is 63.4 Å². The second kappa shape index (κ2) is 7.41. The number of hydrogen-bond acceptors (Lipinski definition) is 3. The van der Waals surface area contributed by atoms with Gasteiger partial charge in [0, 0.05) is 30.3 Å². The molecule has 0 saturated carbocycles. The molecule has 0 bridgehead atoms. The molecule has 1 atom stereocenters. The number of carbonyl (C=O) groups excluding carboxylic acids is 2. The number of piperidine rings is 1. The van der Waals surface area contributed by atoms with E-state index >= 15 is 0 Å². The minimum Gasteiger partial charge on any atom is -0.334 e. The van der Waals surface area contributed by atoms with E-state index < -0.39 is 0 Å². The lowest BCUT2D eigenvalue weighted by atomic mass is 10.0. The Kier molecular flexibility index (Phi) is 6.17. The summed E-state index contributed by atoms with van der Waals surface area (Å²) in [5, 5.41) is 0. The quantitative estimate of drug-likeness (QED) is 0.870. The molecule has 1 aromatic rings. The summed E-state index contributed by atoms with van der Waals surface area (Å²) in [6.45, 7) is 2.80. The Bertz CT molecular complexity index is 473. The van der Waals surface area contributed by atoms with Crippen LogP contribution < -0.4 is 5.73 Å². The van der Waals surface area contributed by atoms with Crippen molar-refractivity contribution in [3.05, 3.63) is 35.4 Å². The highest BCUT2D eigenvalue weighted by molar-refractivity contribution is 5.97. The normalized spacial score (nSPS) is 18.3. The van der Waals surface area contributed by atoms with Crippen LogP contribution in [0.4, 0.5) is 0 Å². The van der Waals surface area contributed by atoms with E-state index in [-0.39, 0.29) is 30.1 Å². The molecule has 0 radical (unpaired) electrons. The minimum atomic E-state index is 0. The maximum atomic E-state index is 12.4. The van der Waals surface area contributed by atoms with Crippen LogP contribution in [-0.4, -0.2) is 35.7 Å². The highest BCUT2D eigenvalue weighted by atomic mass is 35.5. The second-order valence-electron chi connectivity index (χ2n) is 5.02. The van der Waals surface area contributed by atoms with Gasteiger partial charge >= 0.3 is 0 Å². The Morgan fingerprint density at radius 1 is 1.20 bits per heavy atom. The zero-order chi connectivity index (χ0) is 13.8. The van der Waals surface area contributed by atoms with E-state index in [2.05, 4.69) is 0 Å². The van der Waals surface area contributed by atoms with Crippen molar-refractivity contribution in [3.8, 4) is 0 Å². The van der Waals surface area contributed by atoms with E-state index in [1.54, 1.807) is 24.3 Å². The lowest BCUT2D eigenvalue weighted by molar-refractivity contribution is 0.0623. The van der Waals surface area contributed by atoms with Crippen LogP contribution in [0.3, 0.4) is 0 Å². The fourth-order valence-corrected chi connectivity index (χ4v) is 2.53. The number of nitrogens with two attached hydrogens (primary N) is 1. The van der Waals surface area contributed by atoms with Crippen LogP contribution in [0.25, 0.3) is 0 Å². The van der Waals surface area contributed by atoms with Crippen molar-refractivity contribution in [1.82, 2.24) is 4.90 Å². The molecule has 1 aliphatic rings. The van der Waals surface area contributed by atoms with E-state index in [9.17, 15) is 9.59 Å². The first-order chi connectivity index (χ1) is 9.13. The summed E-state index contributed by atoms with van der Waals surface area (Å²) in [5.74, 6) is 0.0297. The maximum absolute atomic E-state index is 12.4. The SMILES string of the molecule is CC(=O)c1ccc(C(=O)N2CCCCC2CN)cc1.Cl. The van der Waals surface area contributed by atoms with Crippen molar-refractivity contribution >= 4 is 24.1 Å². The van der Waals surface area contributed by atoms with Gasteiger partial charge in [-0.3, -0.25) is 9.59 Å². The Hall–Kier alpha value is -1.39. The molecule has 0 spiro atoms. The predicted molar refractivity (Wildman–Crippen MR) is 81.4 cm³/mol. The van der Waals surface area contributed by atoms with Gasteiger partial charge in [0.15, 0.2) is 5.78 Å². The van der Waals surface area contributed by atoms with Crippen molar-refractivity contribution in [3.63, 3.8) is 0 Å². The fourth-order valence-electron chi connectivity index (χ4n) is 2.53. The number of rotatable bonds is 3. The highest BCUT2D eigenvalue weighted by Gasteiger charge is 2.26. The zero-order valence-corrected chi connectivity index (χ0v) is 12.5. The van der Waals surface area contributed by atoms with Crippen molar-refractivity contribution in [2.75, 3.05) is 13.1 Å². The van der Waals surface area contributed by atoms with Crippen LogP contribution in [-0.2, 0) is 0 Å². The average Bonchev–Trinajstić information content (AvgIpc) is 2.46. The third-order valence-electron chi connectivity index (χ3n) is 3.70. The molecule has 110 valence electrons. The first kappa shape index (κ1) is 16.7. The predicted octanol–water partition coefficient (Wildman–Crippen LogP) is 2.26. The number of Topliss-reactive ketones (excluding diaryl/α,β-unsaturated/α-hetero) is 1. The van der Waals surface area contributed by atoms with Gasteiger partial charge in [-0.15, -0.1) is 12.4 Å². The molecular weight excluding hydrogens is 276 g/mol. The van der Waals surface area contributed by atoms with Crippen LogP contribution in [0, 0.1) is 0 Å². The molecule has 0 aromatic heterocycles. The number of ketones is 1. The first-order valence-electron chi connectivity index (χ1n) is 6.75. The molecule has 5 heteroatoms. The largest absolute Gasteiger partial charge is 0.334 e. The van der Waals surface area contributed by atoms with Crippen molar-refractivity contribution in [2.45, 2.75) is 32.2 Å². The van der Waals surface area contributed by atoms with Gasteiger partial charge in [0.2, 0.25) is 0 Å². The van der Waals surface area contributed by atoms with Gasteiger partial charge in [0.1, 0.15) is 0 Å². The molecule has 1 unspecified atom stereocenters. The molecule has 20 heavy (non-hydrogen) atoms. The van der Waals surface area contributed by atoms with Gasteiger partial charge in [0.25, 0.3) is 5.91 Å². The lowest BCUT2D eigenvalue weighted by Gasteiger charge is -2.35. The van der Waals surface area contributed by atoms with Crippen LogP contribution >= 0.6 is 12.4 Å². The lowest BCUT2D eigenvalue weighted by Crippen LogP contribution is -2.47. The van der Waals surface area contributed by atoms with Gasteiger partial charge in [-0.25, -0.2) is 0 Å². The van der Waals surface area contributed by atoms with E-state index in [0.29, 0.717) is 17.7 Å². The van der Waals surface area contributed by atoms with E-state index in [1.165, 1.54) is 6.92 Å². The minimum absolute atomic E-state index is 0.